The number of hydrogen-bond acceptors (Lipinski definition) is 2. The second-order valence-electron chi connectivity index (χ2n) is 4.07. The first kappa shape index (κ1) is 11.6. The highest BCUT2D eigenvalue weighted by molar-refractivity contribution is 9.10. The molecule has 1 aromatic carbocycles. The lowest BCUT2D eigenvalue weighted by Crippen LogP contribution is -2.45. The average Bonchev–Trinajstić information content (AvgIpc) is 2.30. The van der Waals surface area contributed by atoms with E-state index in [0.717, 1.165) is 10.0 Å². The molecule has 2 N–H and O–H groups in total. The number of carbonyl (C=O) groups excluding carboxylic acids is 1. The number of benzene rings is 1. The summed E-state index contributed by atoms with van der Waals surface area (Å²) in [6, 6.07) is 7.80. The molecule has 0 bridgehead atoms. The fraction of sp³-hybridized carbons (Fsp3) is 0.417. The summed E-state index contributed by atoms with van der Waals surface area (Å²) in [6.07, 6.45) is 1.34. The number of halogens is 1. The normalized spacial score (nSPS) is 19.3. The van der Waals surface area contributed by atoms with Crippen molar-refractivity contribution in [3.05, 3.63) is 34.3 Å². The van der Waals surface area contributed by atoms with Crippen molar-refractivity contribution in [1.82, 2.24) is 0 Å². The van der Waals surface area contributed by atoms with E-state index in [4.69, 9.17) is 10.5 Å². The van der Waals surface area contributed by atoms with Crippen LogP contribution in [0.4, 0.5) is 0 Å². The summed E-state index contributed by atoms with van der Waals surface area (Å²) >= 11 is 3.38. The van der Waals surface area contributed by atoms with Gasteiger partial charge in [0.25, 0.3) is 0 Å². The van der Waals surface area contributed by atoms with Gasteiger partial charge in [0.15, 0.2) is 0 Å². The molecule has 1 aliphatic rings. The Morgan fingerprint density at radius 3 is 2.31 bits per heavy atom. The zero-order valence-electron chi connectivity index (χ0n) is 8.91. The third-order valence-corrected chi connectivity index (χ3v) is 3.74. The van der Waals surface area contributed by atoms with Crippen LogP contribution in [0.2, 0.25) is 0 Å². The van der Waals surface area contributed by atoms with Crippen LogP contribution < -0.4 is 5.73 Å². The first-order valence-corrected chi connectivity index (χ1v) is 6.08. The minimum atomic E-state index is -0.543. The zero-order chi connectivity index (χ0) is 11.6. The molecule has 1 heterocycles. The van der Waals surface area contributed by atoms with Gasteiger partial charge in [-0.25, -0.2) is 0 Å². The van der Waals surface area contributed by atoms with E-state index in [2.05, 4.69) is 15.9 Å². The summed E-state index contributed by atoms with van der Waals surface area (Å²) in [5, 5.41) is 0. The van der Waals surface area contributed by atoms with E-state index in [1.807, 2.05) is 24.3 Å². The van der Waals surface area contributed by atoms with Crippen LogP contribution in [-0.4, -0.2) is 19.1 Å². The Hall–Kier alpha value is -0.870. The van der Waals surface area contributed by atoms with Gasteiger partial charge in [-0.3, -0.25) is 4.79 Å². The maximum atomic E-state index is 11.7. The van der Waals surface area contributed by atoms with Crippen LogP contribution in [0.25, 0.3) is 0 Å². The summed E-state index contributed by atoms with van der Waals surface area (Å²) < 4.78 is 6.31. The number of primary amides is 1. The Morgan fingerprint density at radius 2 is 1.81 bits per heavy atom. The molecular formula is C12H14BrNO2. The highest BCUT2D eigenvalue weighted by Crippen LogP contribution is 2.35. The fourth-order valence-electron chi connectivity index (χ4n) is 2.17. The summed E-state index contributed by atoms with van der Waals surface area (Å²) in [4.78, 5) is 11.7. The number of ether oxygens (including phenoxy) is 1. The Bertz CT molecular complexity index is 383. The molecule has 0 radical (unpaired) electrons. The van der Waals surface area contributed by atoms with E-state index in [9.17, 15) is 4.79 Å². The van der Waals surface area contributed by atoms with Gasteiger partial charge in [0.2, 0.25) is 5.91 Å². The smallest absolute Gasteiger partial charge is 0.228 e. The van der Waals surface area contributed by atoms with Crippen LogP contribution >= 0.6 is 15.9 Å². The van der Waals surface area contributed by atoms with Crippen molar-refractivity contribution in [3.8, 4) is 0 Å². The topological polar surface area (TPSA) is 52.3 Å². The van der Waals surface area contributed by atoms with Crippen molar-refractivity contribution in [1.29, 1.82) is 0 Å². The molecule has 1 fully saturated rings. The van der Waals surface area contributed by atoms with Gasteiger partial charge >= 0.3 is 0 Å². The van der Waals surface area contributed by atoms with E-state index < -0.39 is 5.41 Å². The summed E-state index contributed by atoms with van der Waals surface area (Å²) in [5.74, 6) is -0.252. The van der Waals surface area contributed by atoms with Crippen LogP contribution in [0.15, 0.2) is 28.7 Å². The molecule has 0 saturated carbocycles. The van der Waals surface area contributed by atoms with Gasteiger partial charge in [-0.05, 0) is 30.5 Å². The van der Waals surface area contributed by atoms with Crippen molar-refractivity contribution < 1.29 is 9.53 Å². The third kappa shape index (κ3) is 1.99. The number of amides is 1. The van der Waals surface area contributed by atoms with Crippen molar-refractivity contribution in [2.45, 2.75) is 18.3 Å². The van der Waals surface area contributed by atoms with Gasteiger partial charge < -0.3 is 10.5 Å². The van der Waals surface area contributed by atoms with Crippen molar-refractivity contribution in [2.24, 2.45) is 5.73 Å². The highest BCUT2D eigenvalue weighted by atomic mass is 79.9. The molecule has 0 spiro atoms. The molecule has 3 nitrogen and oxygen atoms in total. The van der Waals surface area contributed by atoms with E-state index in [1.165, 1.54) is 0 Å². The quantitative estimate of drug-likeness (QED) is 0.902. The van der Waals surface area contributed by atoms with Crippen LogP contribution in [-0.2, 0) is 14.9 Å². The van der Waals surface area contributed by atoms with Gasteiger partial charge in [0.05, 0.1) is 5.41 Å². The fourth-order valence-corrected chi connectivity index (χ4v) is 2.43. The molecule has 1 saturated heterocycles. The average molecular weight is 284 g/mol. The number of hydrogen-bond donors (Lipinski definition) is 1. The molecule has 1 aliphatic heterocycles. The molecule has 86 valence electrons. The predicted octanol–water partition coefficient (Wildman–Crippen LogP) is 1.98. The maximum Gasteiger partial charge on any atom is 0.228 e. The molecule has 0 unspecified atom stereocenters. The number of carbonyl (C=O) groups is 1. The van der Waals surface area contributed by atoms with Gasteiger partial charge in [-0.2, -0.15) is 0 Å². The number of rotatable bonds is 2. The van der Waals surface area contributed by atoms with Gasteiger partial charge in [-0.1, -0.05) is 28.1 Å². The summed E-state index contributed by atoms with van der Waals surface area (Å²) in [6.45, 7) is 1.19. The summed E-state index contributed by atoms with van der Waals surface area (Å²) in [5.41, 5.74) is 6.02. The molecule has 0 atom stereocenters. The molecule has 2 rings (SSSR count). The predicted molar refractivity (Wildman–Crippen MR) is 65.1 cm³/mol. The first-order chi connectivity index (χ1) is 7.65. The maximum absolute atomic E-state index is 11.7. The van der Waals surface area contributed by atoms with Crippen LogP contribution in [0.1, 0.15) is 18.4 Å². The van der Waals surface area contributed by atoms with Gasteiger partial charge in [0.1, 0.15) is 0 Å². The zero-order valence-corrected chi connectivity index (χ0v) is 10.5. The SMILES string of the molecule is NC(=O)C1(c2ccc(Br)cc2)CCOCC1. The second kappa shape index (κ2) is 4.55. The summed E-state index contributed by atoms with van der Waals surface area (Å²) in [7, 11) is 0. The Kier molecular flexibility index (Phi) is 3.30. The molecule has 0 aromatic heterocycles. The lowest BCUT2D eigenvalue weighted by atomic mass is 9.73. The molecule has 0 aliphatic carbocycles. The largest absolute Gasteiger partial charge is 0.381 e. The Balaban J connectivity index is 2.38. The standard InChI is InChI=1S/C12H14BrNO2/c13-10-3-1-9(2-4-10)12(11(14)15)5-7-16-8-6-12/h1-4H,5-8H2,(H2,14,15). The molecule has 1 amide bonds. The van der Waals surface area contributed by atoms with Crippen molar-refractivity contribution in [3.63, 3.8) is 0 Å². The van der Waals surface area contributed by atoms with Crippen LogP contribution in [0.3, 0.4) is 0 Å². The molecule has 16 heavy (non-hydrogen) atoms. The second-order valence-corrected chi connectivity index (χ2v) is 4.98. The van der Waals surface area contributed by atoms with Crippen molar-refractivity contribution in [2.75, 3.05) is 13.2 Å². The Morgan fingerprint density at radius 1 is 1.25 bits per heavy atom. The highest BCUT2D eigenvalue weighted by Gasteiger charge is 2.39. The molecule has 4 heteroatoms. The lowest BCUT2D eigenvalue weighted by Gasteiger charge is -2.34. The molecular weight excluding hydrogens is 270 g/mol. The van der Waals surface area contributed by atoms with Crippen LogP contribution in [0, 0.1) is 0 Å². The van der Waals surface area contributed by atoms with Crippen LogP contribution in [0.5, 0.6) is 0 Å². The van der Waals surface area contributed by atoms with Gasteiger partial charge in [0, 0.05) is 17.7 Å². The van der Waals surface area contributed by atoms with E-state index in [-0.39, 0.29) is 5.91 Å². The van der Waals surface area contributed by atoms with E-state index in [0.29, 0.717) is 26.1 Å². The van der Waals surface area contributed by atoms with Gasteiger partial charge in [-0.15, -0.1) is 0 Å². The van der Waals surface area contributed by atoms with Crippen molar-refractivity contribution >= 4 is 21.8 Å². The van der Waals surface area contributed by atoms with E-state index in [1.54, 1.807) is 0 Å². The lowest BCUT2D eigenvalue weighted by molar-refractivity contribution is -0.127. The first-order valence-electron chi connectivity index (χ1n) is 5.29. The van der Waals surface area contributed by atoms with E-state index >= 15 is 0 Å². The number of nitrogens with two attached hydrogens (primary N) is 1. The minimum absolute atomic E-state index is 0.252. The minimum Gasteiger partial charge on any atom is -0.381 e. The Labute approximate surface area is 103 Å². The monoisotopic (exact) mass is 283 g/mol. The third-order valence-electron chi connectivity index (χ3n) is 3.21. The molecule has 1 aromatic rings.